The average molecular weight is 297 g/mol. The summed E-state index contributed by atoms with van der Waals surface area (Å²) in [5.74, 6) is 1.19. The van der Waals surface area contributed by atoms with Gasteiger partial charge in [-0.05, 0) is 37.0 Å². The molecule has 1 aliphatic heterocycles. The van der Waals surface area contributed by atoms with Crippen molar-refractivity contribution >= 4 is 5.91 Å². The van der Waals surface area contributed by atoms with Gasteiger partial charge in [0.05, 0.1) is 5.69 Å². The highest BCUT2D eigenvalue weighted by Gasteiger charge is 2.12. The molecule has 0 saturated carbocycles. The Hall–Kier alpha value is -2.10. The number of imidazole rings is 1. The highest BCUT2D eigenvalue weighted by Crippen LogP contribution is 2.14. The first-order chi connectivity index (χ1) is 10.8. The van der Waals surface area contributed by atoms with Gasteiger partial charge in [-0.1, -0.05) is 19.1 Å². The molecule has 0 aliphatic carbocycles. The van der Waals surface area contributed by atoms with Crippen molar-refractivity contribution in [3.63, 3.8) is 0 Å². The molecule has 1 aromatic carbocycles. The topological polar surface area (TPSA) is 46.9 Å². The number of amides is 1. The van der Waals surface area contributed by atoms with Gasteiger partial charge in [-0.3, -0.25) is 4.79 Å². The fraction of sp³-hybridized carbons (Fsp3) is 0.444. The Morgan fingerprint density at radius 2 is 2.09 bits per heavy atom. The fourth-order valence-electron chi connectivity index (χ4n) is 2.89. The van der Waals surface area contributed by atoms with Crippen LogP contribution in [-0.4, -0.2) is 22.0 Å². The molecule has 3 rings (SSSR count). The van der Waals surface area contributed by atoms with Crippen LogP contribution in [0.5, 0.6) is 0 Å². The van der Waals surface area contributed by atoms with Gasteiger partial charge in [0.2, 0.25) is 0 Å². The fourth-order valence-corrected chi connectivity index (χ4v) is 2.89. The maximum atomic E-state index is 12.1. The van der Waals surface area contributed by atoms with E-state index in [-0.39, 0.29) is 5.91 Å². The summed E-state index contributed by atoms with van der Waals surface area (Å²) in [5.41, 5.74) is 3.06. The number of aryl methyl sites for hydroxylation is 3. The molecule has 22 heavy (non-hydrogen) atoms. The van der Waals surface area contributed by atoms with E-state index in [1.54, 1.807) is 0 Å². The van der Waals surface area contributed by atoms with E-state index in [1.807, 2.05) is 24.3 Å². The molecule has 0 bridgehead atoms. The molecule has 0 unspecified atom stereocenters. The monoisotopic (exact) mass is 297 g/mol. The van der Waals surface area contributed by atoms with Crippen molar-refractivity contribution in [2.75, 3.05) is 6.54 Å². The van der Waals surface area contributed by atoms with Gasteiger partial charge >= 0.3 is 0 Å². The first kappa shape index (κ1) is 14.8. The highest BCUT2D eigenvalue weighted by molar-refractivity contribution is 5.94. The molecule has 116 valence electrons. The molecule has 2 aromatic rings. The van der Waals surface area contributed by atoms with E-state index >= 15 is 0 Å². The summed E-state index contributed by atoms with van der Waals surface area (Å²) >= 11 is 0. The molecule has 0 saturated heterocycles. The number of hydrogen-bond acceptors (Lipinski definition) is 2. The van der Waals surface area contributed by atoms with E-state index in [2.05, 4.69) is 28.0 Å². The number of hydrogen-bond donors (Lipinski definition) is 1. The van der Waals surface area contributed by atoms with E-state index in [0.717, 1.165) is 37.1 Å². The van der Waals surface area contributed by atoms with Crippen LogP contribution < -0.4 is 5.32 Å². The van der Waals surface area contributed by atoms with Crippen LogP contribution in [0.2, 0.25) is 0 Å². The van der Waals surface area contributed by atoms with Crippen molar-refractivity contribution in [3.05, 3.63) is 53.1 Å². The lowest BCUT2D eigenvalue weighted by atomic mass is 10.1. The number of rotatable bonds is 5. The summed E-state index contributed by atoms with van der Waals surface area (Å²) in [6.45, 7) is 3.82. The van der Waals surface area contributed by atoms with Gasteiger partial charge < -0.3 is 9.88 Å². The third-order valence-electron chi connectivity index (χ3n) is 4.25. The Kier molecular flexibility index (Phi) is 4.56. The van der Waals surface area contributed by atoms with Gasteiger partial charge in [-0.15, -0.1) is 0 Å². The average Bonchev–Trinajstić information content (AvgIpc) is 2.97. The minimum atomic E-state index is -0.00775. The van der Waals surface area contributed by atoms with Crippen LogP contribution >= 0.6 is 0 Å². The van der Waals surface area contributed by atoms with Gasteiger partial charge in [-0.25, -0.2) is 4.98 Å². The Labute approximate surface area is 131 Å². The number of carbonyl (C=O) groups is 1. The number of carbonyl (C=O) groups excluding carboxylic acids is 1. The zero-order valence-corrected chi connectivity index (χ0v) is 13.1. The molecule has 1 N–H and O–H groups in total. The van der Waals surface area contributed by atoms with E-state index in [4.69, 9.17) is 0 Å². The molecule has 0 fully saturated rings. The molecule has 1 aromatic heterocycles. The number of benzene rings is 1. The second-order valence-corrected chi connectivity index (χ2v) is 5.86. The Morgan fingerprint density at radius 3 is 2.82 bits per heavy atom. The number of fused-ring (bicyclic) bond motifs is 1. The van der Waals surface area contributed by atoms with Crippen LogP contribution in [0.4, 0.5) is 0 Å². The molecule has 4 nitrogen and oxygen atoms in total. The summed E-state index contributed by atoms with van der Waals surface area (Å²) in [6, 6.07) is 7.81. The van der Waals surface area contributed by atoms with E-state index in [0.29, 0.717) is 6.54 Å². The smallest absolute Gasteiger partial charge is 0.251 e. The summed E-state index contributed by atoms with van der Waals surface area (Å²) in [6.07, 6.45) is 7.48. The lowest BCUT2D eigenvalue weighted by Gasteiger charge is -2.11. The number of aromatic nitrogens is 2. The van der Waals surface area contributed by atoms with Crippen molar-refractivity contribution in [2.24, 2.45) is 0 Å². The third-order valence-corrected chi connectivity index (χ3v) is 4.25. The van der Waals surface area contributed by atoms with Gasteiger partial charge in [0.15, 0.2) is 0 Å². The molecule has 4 heteroatoms. The molecule has 0 spiro atoms. The zero-order chi connectivity index (χ0) is 15.4. The SMILES string of the molecule is CCc1ccc(C(=O)NCCc2cn3c(n2)CCCC3)cc1. The summed E-state index contributed by atoms with van der Waals surface area (Å²) in [5, 5.41) is 2.98. The van der Waals surface area contributed by atoms with Crippen molar-refractivity contribution in [1.82, 2.24) is 14.9 Å². The largest absolute Gasteiger partial charge is 0.352 e. The van der Waals surface area contributed by atoms with Crippen LogP contribution in [0.15, 0.2) is 30.5 Å². The second-order valence-electron chi connectivity index (χ2n) is 5.86. The molecule has 1 amide bonds. The van der Waals surface area contributed by atoms with Crippen LogP contribution in [0, 0.1) is 0 Å². The maximum Gasteiger partial charge on any atom is 0.251 e. The minimum absolute atomic E-state index is 0.00775. The predicted octanol–water partition coefficient (Wildman–Crippen LogP) is 2.75. The first-order valence-corrected chi connectivity index (χ1v) is 8.18. The number of nitrogens with zero attached hydrogens (tertiary/aromatic N) is 2. The molecule has 0 radical (unpaired) electrons. The van der Waals surface area contributed by atoms with E-state index in [1.165, 1.54) is 24.2 Å². The van der Waals surface area contributed by atoms with Crippen molar-refractivity contribution in [2.45, 2.75) is 45.6 Å². The quantitative estimate of drug-likeness (QED) is 0.922. The molecule has 2 heterocycles. The van der Waals surface area contributed by atoms with Gasteiger partial charge in [0.25, 0.3) is 5.91 Å². The first-order valence-electron chi connectivity index (χ1n) is 8.18. The molecular weight excluding hydrogens is 274 g/mol. The van der Waals surface area contributed by atoms with Crippen molar-refractivity contribution < 1.29 is 4.79 Å². The Bertz CT molecular complexity index is 619. The van der Waals surface area contributed by atoms with E-state index in [9.17, 15) is 4.79 Å². The maximum absolute atomic E-state index is 12.1. The van der Waals surface area contributed by atoms with E-state index < -0.39 is 0 Å². The standard InChI is InChI=1S/C18H23N3O/c1-2-14-6-8-15(9-7-14)18(22)19-11-10-16-13-21-12-4-3-5-17(21)20-16/h6-9,13H,2-5,10-12H2,1H3,(H,19,22). The van der Waals surface area contributed by atoms with Gasteiger partial charge in [0, 0.05) is 37.7 Å². The molecule has 1 aliphatic rings. The van der Waals surface area contributed by atoms with Crippen molar-refractivity contribution in [1.29, 1.82) is 0 Å². The Balaban J connectivity index is 1.51. The molecular formula is C18H23N3O. The zero-order valence-electron chi connectivity index (χ0n) is 13.1. The van der Waals surface area contributed by atoms with Crippen molar-refractivity contribution in [3.8, 4) is 0 Å². The summed E-state index contributed by atoms with van der Waals surface area (Å²) in [4.78, 5) is 16.7. The predicted molar refractivity (Wildman–Crippen MR) is 87.0 cm³/mol. The van der Waals surface area contributed by atoms with Gasteiger partial charge in [0.1, 0.15) is 5.82 Å². The minimum Gasteiger partial charge on any atom is -0.352 e. The van der Waals surface area contributed by atoms with Crippen LogP contribution in [-0.2, 0) is 25.8 Å². The van der Waals surface area contributed by atoms with Crippen LogP contribution in [0.1, 0.15) is 47.2 Å². The highest BCUT2D eigenvalue weighted by atomic mass is 16.1. The number of nitrogens with one attached hydrogen (secondary N) is 1. The van der Waals surface area contributed by atoms with Gasteiger partial charge in [-0.2, -0.15) is 0 Å². The molecule has 0 atom stereocenters. The lowest BCUT2D eigenvalue weighted by Crippen LogP contribution is -2.25. The van der Waals surface area contributed by atoms with Crippen LogP contribution in [0.25, 0.3) is 0 Å². The summed E-state index contributed by atoms with van der Waals surface area (Å²) < 4.78 is 2.25. The Morgan fingerprint density at radius 1 is 1.27 bits per heavy atom. The lowest BCUT2D eigenvalue weighted by molar-refractivity contribution is 0.0954. The normalized spacial score (nSPS) is 13.7. The van der Waals surface area contributed by atoms with Crippen LogP contribution in [0.3, 0.4) is 0 Å². The second kappa shape index (κ2) is 6.77. The summed E-state index contributed by atoms with van der Waals surface area (Å²) in [7, 11) is 0. The third kappa shape index (κ3) is 3.38.